The number of hydrogen-bond donors (Lipinski definition) is 3. The Bertz CT molecular complexity index is 1470. The Morgan fingerprint density at radius 3 is 2.55 bits per heavy atom. The number of nitrogens with zero attached hydrogens (tertiary/aromatic N) is 2. The van der Waals surface area contributed by atoms with Crippen molar-refractivity contribution >= 4 is 21.3 Å². The Balaban J connectivity index is 1.61. The van der Waals surface area contributed by atoms with Crippen molar-refractivity contribution in [2.75, 3.05) is 23.7 Å². The van der Waals surface area contributed by atoms with Crippen LogP contribution in [-0.4, -0.2) is 50.0 Å². The van der Waals surface area contributed by atoms with E-state index in [1.807, 2.05) is 56.3 Å². The molecular weight excluding hydrogens is 544 g/mol. The minimum Gasteiger partial charge on any atom is -0.390 e. The summed E-state index contributed by atoms with van der Waals surface area (Å²) in [5.74, 6) is 0.125. The van der Waals surface area contributed by atoms with Gasteiger partial charge in [0.15, 0.2) is 0 Å². The van der Waals surface area contributed by atoms with Crippen molar-refractivity contribution in [3.8, 4) is 0 Å². The fraction of sp³-hybridized carbons (Fsp3) is 0.441. The Morgan fingerprint density at radius 1 is 1.07 bits per heavy atom. The highest BCUT2D eigenvalue weighted by Gasteiger charge is 2.26. The summed E-state index contributed by atoms with van der Waals surface area (Å²) in [6, 6.07) is 19.9. The number of benzene rings is 2. The van der Waals surface area contributed by atoms with Crippen LogP contribution < -0.4 is 14.9 Å². The summed E-state index contributed by atoms with van der Waals surface area (Å²) in [6.45, 7) is 9.20. The maximum atomic E-state index is 13.1. The maximum absolute atomic E-state index is 13.1. The SMILES string of the molecule is CC/C1=C/CCCS(=O)(=O)N(C)c2cc(C(C)NC(Cc3ccccc3)C(O)CNCc3cccc(C)n3)cc1c2C. The first-order chi connectivity index (χ1) is 20.1. The quantitative estimate of drug-likeness (QED) is 0.274. The van der Waals surface area contributed by atoms with Crippen LogP contribution in [0.15, 0.2) is 66.7 Å². The van der Waals surface area contributed by atoms with Gasteiger partial charge in [0.2, 0.25) is 10.0 Å². The van der Waals surface area contributed by atoms with Gasteiger partial charge in [-0.25, -0.2) is 8.42 Å². The zero-order valence-corrected chi connectivity index (χ0v) is 26.4. The highest BCUT2D eigenvalue weighted by atomic mass is 32.2. The molecule has 3 atom stereocenters. The minimum atomic E-state index is -3.43. The summed E-state index contributed by atoms with van der Waals surface area (Å²) in [5.41, 5.74) is 8.06. The normalized spacial score (nSPS) is 18.5. The van der Waals surface area contributed by atoms with E-state index in [2.05, 4.69) is 53.7 Å². The van der Waals surface area contributed by atoms with E-state index in [0.717, 1.165) is 46.5 Å². The van der Waals surface area contributed by atoms with E-state index in [0.29, 0.717) is 31.6 Å². The number of hydrogen-bond acceptors (Lipinski definition) is 6. The number of aromatic nitrogens is 1. The first-order valence-electron chi connectivity index (χ1n) is 15.0. The molecule has 0 saturated heterocycles. The Hall–Kier alpha value is -3.04. The lowest BCUT2D eigenvalue weighted by molar-refractivity contribution is 0.119. The third-order valence-corrected chi connectivity index (χ3v) is 10.1. The summed E-state index contributed by atoms with van der Waals surface area (Å²) in [4.78, 5) is 4.55. The topological polar surface area (TPSA) is 94.6 Å². The van der Waals surface area contributed by atoms with Crippen LogP contribution in [0.4, 0.5) is 5.69 Å². The van der Waals surface area contributed by atoms with Crippen LogP contribution in [0.1, 0.15) is 72.8 Å². The summed E-state index contributed by atoms with van der Waals surface area (Å²) in [7, 11) is -1.77. The monoisotopic (exact) mass is 590 g/mol. The number of allylic oxidation sites excluding steroid dienone is 2. The van der Waals surface area contributed by atoms with Gasteiger partial charge in [0.1, 0.15) is 0 Å². The molecule has 0 aliphatic carbocycles. The molecule has 4 rings (SSSR count). The van der Waals surface area contributed by atoms with Crippen LogP contribution in [0, 0.1) is 13.8 Å². The van der Waals surface area contributed by atoms with Crippen LogP contribution in [-0.2, 0) is 23.0 Å². The van der Waals surface area contributed by atoms with Gasteiger partial charge in [-0.05, 0) is 98.5 Å². The van der Waals surface area contributed by atoms with Gasteiger partial charge in [-0.2, -0.15) is 0 Å². The zero-order valence-electron chi connectivity index (χ0n) is 25.6. The van der Waals surface area contributed by atoms with Crippen LogP contribution in [0.3, 0.4) is 0 Å². The second-order valence-corrected chi connectivity index (χ2v) is 13.5. The van der Waals surface area contributed by atoms with Gasteiger partial charge in [-0.1, -0.05) is 49.4 Å². The molecule has 8 heteroatoms. The van der Waals surface area contributed by atoms with E-state index in [4.69, 9.17) is 0 Å². The molecule has 3 N–H and O–H groups in total. The second-order valence-electron chi connectivity index (χ2n) is 11.4. The zero-order chi connectivity index (χ0) is 30.3. The van der Waals surface area contributed by atoms with E-state index >= 15 is 0 Å². The molecule has 226 valence electrons. The Morgan fingerprint density at radius 2 is 1.83 bits per heavy atom. The van der Waals surface area contributed by atoms with E-state index in [1.165, 1.54) is 9.88 Å². The molecule has 0 fully saturated rings. The smallest absolute Gasteiger partial charge is 0.234 e. The molecule has 0 saturated carbocycles. The van der Waals surface area contributed by atoms with Gasteiger partial charge >= 0.3 is 0 Å². The summed E-state index contributed by atoms with van der Waals surface area (Å²) in [5, 5.41) is 18.5. The van der Waals surface area contributed by atoms with E-state index in [9.17, 15) is 13.5 Å². The van der Waals surface area contributed by atoms with Gasteiger partial charge < -0.3 is 15.7 Å². The van der Waals surface area contributed by atoms with Crippen LogP contribution in [0.2, 0.25) is 0 Å². The molecular formula is C34H46N4O3S. The van der Waals surface area contributed by atoms with Crippen molar-refractivity contribution in [2.24, 2.45) is 0 Å². The number of aliphatic hydroxyl groups excluding tert-OH is 1. The number of pyridine rings is 1. The van der Waals surface area contributed by atoms with Gasteiger partial charge in [0.25, 0.3) is 0 Å². The number of anilines is 1. The molecule has 2 heterocycles. The molecule has 7 nitrogen and oxygen atoms in total. The van der Waals surface area contributed by atoms with Crippen LogP contribution >= 0.6 is 0 Å². The number of nitrogens with one attached hydrogen (secondary N) is 2. The molecule has 3 aromatic rings. The third-order valence-electron chi connectivity index (χ3n) is 8.22. The van der Waals surface area contributed by atoms with Gasteiger partial charge in [0.05, 0.1) is 23.2 Å². The highest BCUT2D eigenvalue weighted by molar-refractivity contribution is 7.92. The van der Waals surface area contributed by atoms with E-state index in [-0.39, 0.29) is 17.8 Å². The predicted molar refractivity (Wildman–Crippen MR) is 173 cm³/mol. The molecule has 2 bridgehead atoms. The lowest BCUT2D eigenvalue weighted by atomic mass is 9.91. The molecule has 42 heavy (non-hydrogen) atoms. The summed E-state index contributed by atoms with van der Waals surface area (Å²) < 4.78 is 27.8. The number of sulfonamides is 1. The fourth-order valence-corrected chi connectivity index (χ4v) is 6.98. The van der Waals surface area contributed by atoms with Crippen molar-refractivity contribution in [1.29, 1.82) is 0 Å². The second kappa shape index (κ2) is 14.4. The third kappa shape index (κ3) is 8.07. The largest absolute Gasteiger partial charge is 0.390 e. The number of rotatable bonds is 11. The Kier molecular flexibility index (Phi) is 11.0. The van der Waals surface area contributed by atoms with E-state index < -0.39 is 16.1 Å². The van der Waals surface area contributed by atoms with Crippen molar-refractivity contribution < 1.29 is 13.5 Å². The lowest BCUT2D eigenvalue weighted by Gasteiger charge is -2.30. The molecule has 3 unspecified atom stereocenters. The van der Waals surface area contributed by atoms with Crippen molar-refractivity contribution in [3.63, 3.8) is 0 Å². The molecule has 1 aliphatic rings. The van der Waals surface area contributed by atoms with Crippen LogP contribution in [0.25, 0.3) is 5.57 Å². The van der Waals surface area contributed by atoms with Gasteiger partial charge in [-0.3, -0.25) is 9.29 Å². The van der Waals surface area contributed by atoms with Crippen molar-refractivity contribution in [1.82, 2.24) is 15.6 Å². The van der Waals surface area contributed by atoms with E-state index in [1.54, 1.807) is 7.05 Å². The average molecular weight is 591 g/mol. The fourth-order valence-electron chi connectivity index (χ4n) is 5.68. The standard InChI is InChI=1S/C34H46N4O3S/c1-6-28-16-10-11-18-42(40,41)38(5)33-21-29(20-31(28)25(33)3)26(4)37-32(19-27-14-8-7-9-15-27)34(39)23-35-22-30-17-12-13-24(2)36-30/h7-9,12-17,20-21,26,32,34-35,37,39H,6,10-11,18-19,22-23H2,1-5H3/b28-16-. The first-order valence-corrected chi connectivity index (χ1v) is 16.6. The molecule has 1 aromatic heterocycles. The molecule has 0 amide bonds. The maximum Gasteiger partial charge on any atom is 0.234 e. The lowest BCUT2D eigenvalue weighted by Crippen LogP contribution is -2.47. The molecule has 2 aromatic carbocycles. The number of aliphatic hydroxyl groups is 1. The van der Waals surface area contributed by atoms with Crippen molar-refractivity contribution in [3.05, 3.63) is 100 Å². The number of fused-ring (bicyclic) bond motifs is 2. The first kappa shape index (κ1) is 31.9. The van der Waals surface area contributed by atoms with Crippen molar-refractivity contribution in [2.45, 2.75) is 78.1 Å². The molecule has 0 spiro atoms. The number of aryl methyl sites for hydroxylation is 1. The van der Waals surface area contributed by atoms with Crippen LogP contribution in [0.5, 0.6) is 0 Å². The minimum absolute atomic E-state index is 0.125. The Labute approximate surface area is 252 Å². The summed E-state index contributed by atoms with van der Waals surface area (Å²) >= 11 is 0. The highest BCUT2D eigenvalue weighted by Crippen LogP contribution is 2.35. The predicted octanol–water partition coefficient (Wildman–Crippen LogP) is 5.46. The van der Waals surface area contributed by atoms with Gasteiger partial charge in [0, 0.05) is 37.9 Å². The average Bonchev–Trinajstić information content (AvgIpc) is 2.97. The van der Waals surface area contributed by atoms with Gasteiger partial charge in [-0.15, -0.1) is 0 Å². The molecule has 0 radical (unpaired) electrons. The summed E-state index contributed by atoms with van der Waals surface area (Å²) in [6.07, 6.45) is 4.40. The molecule has 1 aliphatic heterocycles.